The Morgan fingerprint density at radius 2 is 1.00 bits per heavy atom. The van der Waals surface area contributed by atoms with E-state index in [0.29, 0.717) is 0 Å². The van der Waals surface area contributed by atoms with Crippen LogP contribution in [0.1, 0.15) is 0 Å². The van der Waals surface area contributed by atoms with Gasteiger partial charge in [-0.05, 0) is 0 Å². The fourth-order valence-electron chi connectivity index (χ4n) is 0.385. The average molecular weight is 325 g/mol. The smallest absolute Gasteiger partial charge is 0.290 e. The SMILES string of the molecule is O=CO.[Hg].c1ccccc1. The molecule has 0 aliphatic rings. The second kappa shape index (κ2) is 11.4. The summed E-state index contributed by atoms with van der Waals surface area (Å²) < 4.78 is 0. The van der Waals surface area contributed by atoms with Gasteiger partial charge in [0.15, 0.2) is 0 Å². The molecule has 1 aromatic carbocycles. The van der Waals surface area contributed by atoms with Gasteiger partial charge in [-0.15, -0.1) is 0 Å². The maximum atomic E-state index is 8.36. The number of benzene rings is 1. The first-order valence-corrected chi connectivity index (χ1v) is 2.49. The molecule has 0 fully saturated rings. The average Bonchev–Trinajstić information content (AvgIpc) is 1.93. The van der Waals surface area contributed by atoms with E-state index >= 15 is 0 Å². The Balaban J connectivity index is 0. The molecule has 50 valence electrons. The van der Waals surface area contributed by atoms with Crippen LogP contribution < -0.4 is 0 Å². The number of carbonyl (C=O) groups is 1. The van der Waals surface area contributed by atoms with Crippen LogP contribution in [-0.4, -0.2) is 11.6 Å². The molecule has 1 rings (SSSR count). The first-order valence-electron chi connectivity index (χ1n) is 2.49. The molecule has 0 aliphatic heterocycles. The zero-order valence-electron chi connectivity index (χ0n) is 5.60. The van der Waals surface area contributed by atoms with Crippen LogP contribution in [0.15, 0.2) is 36.4 Å². The van der Waals surface area contributed by atoms with E-state index in [9.17, 15) is 0 Å². The number of hydrogen-bond donors (Lipinski definition) is 1. The topological polar surface area (TPSA) is 37.3 Å². The summed E-state index contributed by atoms with van der Waals surface area (Å²) in [5.41, 5.74) is 0. The number of carboxylic acid groups (broad SMARTS) is 1. The van der Waals surface area contributed by atoms with Crippen molar-refractivity contribution in [3.63, 3.8) is 0 Å². The van der Waals surface area contributed by atoms with Gasteiger partial charge >= 0.3 is 0 Å². The van der Waals surface area contributed by atoms with Gasteiger partial charge in [-0.25, -0.2) is 0 Å². The number of rotatable bonds is 0. The van der Waals surface area contributed by atoms with Crippen LogP contribution in [0.25, 0.3) is 0 Å². The second-order valence-electron chi connectivity index (χ2n) is 1.26. The zero-order valence-corrected chi connectivity index (χ0v) is 11.1. The summed E-state index contributed by atoms with van der Waals surface area (Å²) in [6.45, 7) is -0.250. The number of hydrogen-bond acceptors (Lipinski definition) is 1. The minimum Gasteiger partial charge on any atom is -0.483 e. The van der Waals surface area contributed by atoms with Gasteiger partial charge in [-0.3, -0.25) is 4.79 Å². The van der Waals surface area contributed by atoms with Crippen LogP contribution >= 0.6 is 0 Å². The molecule has 0 aromatic heterocycles. The Kier molecular flexibility index (Phi) is 14.1. The Morgan fingerprint density at radius 1 is 0.900 bits per heavy atom. The summed E-state index contributed by atoms with van der Waals surface area (Å²) in [5, 5.41) is 6.89. The third kappa shape index (κ3) is 10.6. The van der Waals surface area contributed by atoms with E-state index in [1.165, 1.54) is 0 Å². The van der Waals surface area contributed by atoms with Gasteiger partial charge in [-0.1, -0.05) is 36.4 Å². The molecule has 0 bridgehead atoms. The summed E-state index contributed by atoms with van der Waals surface area (Å²) in [6, 6.07) is 12.0. The van der Waals surface area contributed by atoms with Gasteiger partial charge in [-0.2, -0.15) is 0 Å². The minimum absolute atomic E-state index is 0. The fourth-order valence-corrected chi connectivity index (χ4v) is 0.385. The van der Waals surface area contributed by atoms with Crippen molar-refractivity contribution in [1.82, 2.24) is 0 Å². The van der Waals surface area contributed by atoms with E-state index in [0.717, 1.165) is 0 Å². The molecule has 0 heterocycles. The molecular weight excluding hydrogens is 317 g/mol. The maximum absolute atomic E-state index is 8.36. The molecule has 0 atom stereocenters. The molecule has 0 saturated carbocycles. The molecule has 0 radical (unpaired) electrons. The molecule has 3 heteroatoms. The van der Waals surface area contributed by atoms with Crippen LogP contribution in [-0.2, 0) is 32.5 Å². The zero-order chi connectivity index (χ0) is 6.95. The summed E-state index contributed by atoms with van der Waals surface area (Å²) in [6.07, 6.45) is 0. The van der Waals surface area contributed by atoms with Crippen molar-refractivity contribution in [1.29, 1.82) is 0 Å². The fraction of sp³-hybridized carbons (Fsp3) is 0. The molecule has 0 spiro atoms. The quantitative estimate of drug-likeness (QED) is 0.578. The van der Waals surface area contributed by atoms with Gasteiger partial charge in [0.05, 0.1) is 0 Å². The van der Waals surface area contributed by atoms with E-state index in [2.05, 4.69) is 0 Å². The van der Waals surface area contributed by atoms with Crippen molar-refractivity contribution in [3.05, 3.63) is 36.4 Å². The summed E-state index contributed by atoms with van der Waals surface area (Å²) in [7, 11) is 0. The summed E-state index contributed by atoms with van der Waals surface area (Å²) in [4.78, 5) is 8.36. The van der Waals surface area contributed by atoms with Crippen molar-refractivity contribution >= 4 is 6.47 Å². The molecule has 0 saturated heterocycles. The predicted octanol–water partition coefficient (Wildman–Crippen LogP) is 1.38. The third-order valence-corrected chi connectivity index (χ3v) is 0.667. The normalized spacial score (nSPS) is 6.00. The van der Waals surface area contributed by atoms with Gasteiger partial charge in [0.25, 0.3) is 6.47 Å². The van der Waals surface area contributed by atoms with Crippen molar-refractivity contribution in [2.75, 3.05) is 0 Å². The molecule has 1 N–H and O–H groups in total. The van der Waals surface area contributed by atoms with Gasteiger partial charge in [0, 0.05) is 27.7 Å². The molecule has 10 heavy (non-hydrogen) atoms. The van der Waals surface area contributed by atoms with Gasteiger partial charge in [0.2, 0.25) is 0 Å². The van der Waals surface area contributed by atoms with E-state index < -0.39 is 0 Å². The molecule has 0 aliphatic carbocycles. The maximum Gasteiger partial charge on any atom is 0.290 e. The minimum atomic E-state index is -0.250. The van der Waals surface area contributed by atoms with Crippen LogP contribution in [0, 0.1) is 0 Å². The molecule has 0 amide bonds. The van der Waals surface area contributed by atoms with Crippen LogP contribution in [0.2, 0.25) is 0 Å². The van der Waals surface area contributed by atoms with E-state index in [1.807, 2.05) is 36.4 Å². The van der Waals surface area contributed by atoms with Gasteiger partial charge in [0.1, 0.15) is 0 Å². The van der Waals surface area contributed by atoms with E-state index in [1.54, 1.807) is 0 Å². The Morgan fingerprint density at radius 3 is 1.10 bits per heavy atom. The largest absolute Gasteiger partial charge is 0.483 e. The molecular formula is C7H8HgO2. The molecule has 0 unspecified atom stereocenters. The van der Waals surface area contributed by atoms with E-state index in [4.69, 9.17) is 9.90 Å². The van der Waals surface area contributed by atoms with Crippen molar-refractivity contribution in [3.8, 4) is 0 Å². The monoisotopic (exact) mass is 326 g/mol. The Hall–Kier alpha value is -0.375. The first kappa shape index (κ1) is 12.3. The van der Waals surface area contributed by atoms with Crippen molar-refractivity contribution < 1.29 is 37.6 Å². The third-order valence-electron chi connectivity index (χ3n) is 0.667. The molecule has 1 aromatic rings. The second-order valence-corrected chi connectivity index (χ2v) is 1.26. The van der Waals surface area contributed by atoms with Gasteiger partial charge < -0.3 is 5.11 Å². The Bertz CT molecular complexity index is 115. The van der Waals surface area contributed by atoms with E-state index in [-0.39, 0.29) is 34.1 Å². The predicted molar refractivity (Wildman–Crippen MR) is 35.1 cm³/mol. The summed E-state index contributed by atoms with van der Waals surface area (Å²) in [5.74, 6) is 0. The summed E-state index contributed by atoms with van der Waals surface area (Å²) >= 11 is 0. The molecule has 2 nitrogen and oxygen atoms in total. The van der Waals surface area contributed by atoms with Crippen molar-refractivity contribution in [2.24, 2.45) is 0 Å². The van der Waals surface area contributed by atoms with Crippen LogP contribution in [0.3, 0.4) is 0 Å². The standard InChI is InChI=1S/C6H6.CH2O2.Hg/c1-2-4-6-5-3-1;2-1-3;/h1-6H;1H,(H,2,3);. The Labute approximate surface area is 80.4 Å². The van der Waals surface area contributed by atoms with Crippen LogP contribution in [0.5, 0.6) is 0 Å². The van der Waals surface area contributed by atoms with Crippen LogP contribution in [0.4, 0.5) is 0 Å². The first-order chi connectivity index (χ1) is 4.41. The van der Waals surface area contributed by atoms with Crippen molar-refractivity contribution in [2.45, 2.75) is 0 Å².